The summed E-state index contributed by atoms with van der Waals surface area (Å²) in [4.78, 5) is 11.3. The summed E-state index contributed by atoms with van der Waals surface area (Å²) in [6.45, 7) is 4.56. The summed E-state index contributed by atoms with van der Waals surface area (Å²) in [5.41, 5.74) is 2.19. The van der Waals surface area contributed by atoms with Gasteiger partial charge in [0.15, 0.2) is 0 Å². The second-order valence-corrected chi connectivity index (χ2v) is 4.59. The number of aromatic nitrogens is 1. The molecule has 0 aliphatic heterocycles. The van der Waals surface area contributed by atoms with Gasteiger partial charge < -0.3 is 14.4 Å². The van der Waals surface area contributed by atoms with Crippen LogP contribution in [0.5, 0.6) is 0 Å². The first-order valence-corrected chi connectivity index (χ1v) is 5.91. The number of hydrogen-bond donors (Lipinski definition) is 1. The molecule has 0 aliphatic carbocycles. The highest BCUT2D eigenvalue weighted by Crippen LogP contribution is 2.28. The van der Waals surface area contributed by atoms with Crippen molar-refractivity contribution >= 4 is 16.9 Å². The third-order valence-corrected chi connectivity index (χ3v) is 3.02. The van der Waals surface area contributed by atoms with Crippen molar-refractivity contribution in [2.75, 3.05) is 7.11 Å². The smallest absolute Gasteiger partial charge is 0.336 e. The number of methoxy groups -OCH3 is 1. The van der Waals surface area contributed by atoms with Crippen LogP contribution in [-0.2, 0) is 11.3 Å². The fraction of sp³-hybridized carbons (Fsp3) is 0.357. The van der Waals surface area contributed by atoms with Gasteiger partial charge in [-0.1, -0.05) is 6.07 Å². The molecule has 0 saturated carbocycles. The van der Waals surface area contributed by atoms with Crippen molar-refractivity contribution in [3.8, 4) is 0 Å². The number of benzene rings is 1. The maximum atomic E-state index is 11.3. The van der Waals surface area contributed by atoms with E-state index in [2.05, 4.69) is 18.4 Å². The Bertz CT molecular complexity index is 584. The number of carbonyl (C=O) groups is 1. The summed E-state index contributed by atoms with van der Waals surface area (Å²) in [5.74, 6) is -0.903. The normalized spacial score (nSPS) is 11.3. The number of carboxylic acid groups (broad SMARTS) is 1. The molecule has 18 heavy (non-hydrogen) atoms. The summed E-state index contributed by atoms with van der Waals surface area (Å²) in [5, 5.41) is 10.1. The van der Waals surface area contributed by atoms with Gasteiger partial charge in [-0.15, -0.1) is 0 Å². The molecule has 1 aromatic carbocycles. The first-order valence-electron chi connectivity index (χ1n) is 5.91. The van der Waals surface area contributed by atoms with E-state index in [1.807, 2.05) is 12.3 Å². The first kappa shape index (κ1) is 12.6. The number of rotatable bonds is 4. The van der Waals surface area contributed by atoms with Gasteiger partial charge in [0.25, 0.3) is 0 Å². The van der Waals surface area contributed by atoms with Gasteiger partial charge in [-0.2, -0.15) is 0 Å². The van der Waals surface area contributed by atoms with Crippen molar-refractivity contribution in [3.63, 3.8) is 0 Å². The minimum atomic E-state index is -0.903. The van der Waals surface area contributed by atoms with Crippen LogP contribution in [0.15, 0.2) is 24.4 Å². The standard InChI is InChI=1S/C14H17NO3/c1-9(2)15-7-10(8-18-3)13-11(14(16)17)5-4-6-12(13)15/h4-7,9H,8H2,1-3H3,(H,16,17). The Balaban J connectivity index is 2.78. The molecule has 0 spiro atoms. The summed E-state index contributed by atoms with van der Waals surface area (Å²) in [6, 6.07) is 5.64. The number of nitrogens with zero attached hydrogens (tertiary/aromatic N) is 1. The molecule has 96 valence electrons. The van der Waals surface area contributed by atoms with E-state index < -0.39 is 5.97 Å². The van der Waals surface area contributed by atoms with Crippen LogP contribution in [0.25, 0.3) is 10.9 Å². The molecule has 0 aliphatic rings. The Hall–Kier alpha value is -1.81. The Kier molecular flexibility index (Phi) is 3.39. The summed E-state index contributed by atoms with van der Waals surface area (Å²) in [6.07, 6.45) is 1.98. The van der Waals surface area contributed by atoms with E-state index in [-0.39, 0.29) is 6.04 Å². The zero-order valence-electron chi connectivity index (χ0n) is 10.8. The van der Waals surface area contributed by atoms with Crippen LogP contribution in [0.2, 0.25) is 0 Å². The maximum absolute atomic E-state index is 11.3. The van der Waals surface area contributed by atoms with E-state index in [9.17, 15) is 9.90 Å². The lowest BCUT2D eigenvalue weighted by atomic mass is 10.1. The average molecular weight is 247 g/mol. The van der Waals surface area contributed by atoms with Crippen molar-refractivity contribution in [1.82, 2.24) is 4.57 Å². The second kappa shape index (κ2) is 4.82. The molecule has 0 bridgehead atoms. The SMILES string of the molecule is COCc1cn(C(C)C)c2cccc(C(=O)O)c12. The van der Waals surface area contributed by atoms with Crippen molar-refractivity contribution in [1.29, 1.82) is 0 Å². The molecule has 4 nitrogen and oxygen atoms in total. The van der Waals surface area contributed by atoms with Crippen molar-refractivity contribution in [2.45, 2.75) is 26.5 Å². The minimum absolute atomic E-state index is 0.280. The molecule has 0 unspecified atom stereocenters. The van der Waals surface area contributed by atoms with Crippen LogP contribution in [0.1, 0.15) is 35.8 Å². The van der Waals surface area contributed by atoms with E-state index in [1.54, 1.807) is 19.2 Å². The van der Waals surface area contributed by atoms with Crippen molar-refractivity contribution in [2.24, 2.45) is 0 Å². The van der Waals surface area contributed by atoms with Gasteiger partial charge in [-0.3, -0.25) is 0 Å². The predicted octanol–water partition coefficient (Wildman–Crippen LogP) is 3.07. The molecule has 0 atom stereocenters. The fourth-order valence-electron chi connectivity index (χ4n) is 2.27. The number of fused-ring (bicyclic) bond motifs is 1. The third-order valence-electron chi connectivity index (χ3n) is 3.02. The van der Waals surface area contributed by atoms with Crippen LogP contribution < -0.4 is 0 Å². The highest BCUT2D eigenvalue weighted by molar-refractivity contribution is 6.04. The van der Waals surface area contributed by atoms with Crippen molar-refractivity contribution < 1.29 is 14.6 Å². The Morgan fingerprint density at radius 3 is 2.72 bits per heavy atom. The molecule has 0 radical (unpaired) electrons. The number of hydrogen-bond acceptors (Lipinski definition) is 2. The number of carboxylic acids is 1. The first-order chi connectivity index (χ1) is 8.56. The van der Waals surface area contributed by atoms with E-state index in [1.165, 1.54) is 0 Å². The zero-order valence-corrected chi connectivity index (χ0v) is 10.8. The van der Waals surface area contributed by atoms with Crippen LogP contribution in [-0.4, -0.2) is 22.8 Å². The molecule has 1 aromatic heterocycles. The highest BCUT2D eigenvalue weighted by Gasteiger charge is 2.17. The van der Waals surface area contributed by atoms with Gasteiger partial charge >= 0.3 is 5.97 Å². The Morgan fingerprint density at radius 1 is 1.44 bits per heavy atom. The lowest BCUT2D eigenvalue weighted by molar-refractivity contribution is 0.0699. The molecule has 0 fully saturated rings. The van der Waals surface area contributed by atoms with Gasteiger partial charge in [0.1, 0.15) is 0 Å². The molecule has 2 rings (SSSR count). The summed E-state index contributed by atoms with van der Waals surface area (Å²) < 4.78 is 7.24. The largest absolute Gasteiger partial charge is 0.478 e. The van der Waals surface area contributed by atoms with Gasteiger partial charge in [0.05, 0.1) is 12.2 Å². The molecule has 2 aromatic rings. The Morgan fingerprint density at radius 2 is 2.17 bits per heavy atom. The summed E-state index contributed by atoms with van der Waals surface area (Å²) >= 11 is 0. The Labute approximate surface area is 106 Å². The number of ether oxygens (including phenoxy) is 1. The van der Waals surface area contributed by atoms with Gasteiger partial charge in [0, 0.05) is 35.8 Å². The number of aromatic carboxylic acids is 1. The lowest BCUT2D eigenvalue weighted by Crippen LogP contribution is -2.00. The predicted molar refractivity (Wildman–Crippen MR) is 70.0 cm³/mol. The van der Waals surface area contributed by atoms with Crippen LogP contribution in [0.4, 0.5) is 0 Å². The maximum Gasteiger partial charge on any atom is 0.336 e. The molecular weight excluding hydrogens is 230 g/mol. The molecule has 1 heterocycles. The van der Waals surface area contributed by atoms with E-state index in [4.69, 9.17) is 4.74 Å². The molecular formula is C14H17NO3. The quantitative estimate of drug-likeness (QED) is 0.903. The molecule has 0 amide bonds. The molecule has 4 heteroatoms. The van der Waals surface area contributed by atoms with Gasteiger partial charge in [-0.25, -0.2) is 4.79 Å². The third kappa shape index (κ3) is 1.99. The highest BCUT2D eigenvalue weighted by atomic mass is 16.5. The van der Waals surface area contributed by atoms with Crippen molar-refractivity contribution in [3.05, 3.63) is 35.5 Å². The molecule has 1 N–H and O–H groups in total. The average Bonchev–Trinajstić information content (AvgIpc) is 2.69. The monoisotopic (exact) mass is 247 g/mol. The zero-order chi connectivity index (χ0) is 13.3. The van der Waals surface area contributed by atoms with Crippen LogP contribution >= 0.6 is 0 Å². The van der Waals surface area contributed by atoms with Crippen LogP contribution in [0.3, 0.4) is 0 Å². The minimum Gasteiger partial charge on any atom is -0.478 e. The van der Waals surface area contributed by atoms with E-state index >= 15 is 0 Å². The summed E-state index contributed by atoms with van der Waals surface area (Å²) in [7, 11) is 1.61. The van der Waals surface area contributed by atoms with Gasteiger partial charge in [0.2, 0.25) is 0 Å². The fourth-order valence-corrected chi connectivity index (χ4v) is 2.27. The van der Waals surface area contributed by atoms with E-state index in [0.717, 1.165) is 16.5 Å². The van der Waals surface area contributed by atoms with Crippen LogP contribution in [0, 0.1) is 0 Å². The second-order valence-electron chi connectivity index (χ2n) is 4.59. The van der Waals surface area contributed by atoms with Gasteiger partial charge in [-0.05, 0) is 26.0 Å². The lowest BCUT2D eigenvalue weighted by Gasteiger charge is -2.09. The molecule has 0 saturated heterocycles. The van der Waals surface area contributed by atoms with E-state index in [0.29, 0.717) is 12.2 Å². The topological polar surface area (TPSA) is 51.5 Å².